The average molecular weight is 350 g/mol. The van der Waals surface area contributed by atoms with Crippen LogP contribution in [0.25, 0.3) is 0 Å². The topological polar surface area (TPSA) is 71.5 Å². The number of benzene rings is 1. The zero-order chi connectivity index (χ0) is 15.4. The van der Waals surface area contributed by atoms with Crippen LogP contribution in [-0.2, 0) is 4.79 Å². The summed E-state index contributed by atoms with van der Waals surface area (Å²) in [6.45, 7) is 1.39. The van der Waals surface area contributed by atoms with Gasteiger partial charge in [-0.2, -0.15) is 0 Å². The molecule has 0 saturated carbocycles. The van der Waals surface area contributed by atoms with Crippen molar-refractivity contribution in [3.8, 4) is 17.4 Å². The molecule has 0 aliphatic rings. The molecule has 22 heavy (non-hydrogen) atoms. The van der Waals surface area contributed by atoms with Crippen LogP contribution in [0.4, 0.5) is 0 Å². The van der Waals surface area contributed by atoms with Crippen molar-refractivity contribution in [2.24, 2.45) is 0 Å². The zero-order valence-electron chi connectivity index (χ0n) is 11.9. The molecule has 0 bridgehead atoms. The zero-order valence-corrected chi connectivity index (χ0v) is 15.4. The van der Waals surface area contributed by atoms with Gasteiger partial charge in [-0.25, -0.2) is 4.98 Å². The van der Waals surface area contributed by atoms with E-state index in [9.17, 15) is 9.90 Å². The first-order valence-electron chi connectivity index (χ1n) is 5.92. The third-order valence-electron chi connectivity index (χ3n) is 2.46. The molecule has 0 N–H and O–H groups in total. The molecule has 1 heterocycles. The second-order valence-electron chi connectivity index (χ2n) is 4.09. The van der Waals surface area contributed by atoms with Gasteiger partial charge in [0.05, 0.1) is 11.0 Å². The summed E-state index contributed by atoms with van der Waals surface area (Å²) in [5, 5.41) is 11.3. The second kappa shape index (κ2) is 8.60. The first kappa shape index (κ1) is 19.1. The van der Waals surface area contributed by atoms with Crippen LogP contribution in [0.5, 0.6) is 17.4 Å². The van der Waals surface area contributed by atoms with Gasteiger partial charge in [-0.3, -0.25) is 0 Å². The van der Waals surface area contributed by atoms with Crippen LogP contribution in [-0.4, -0.2) is 17.1 Å². The molecule has 1 atom stereocenters. The second-order valence-corrected chi connectivity index (χ2v) is 4.94. The standard InChI is InChI=1S/C14H11Cl2NO4.Na/c1-8(14(18)19)20-10-2-4-11(5-3-10)21-13-12(16)6-9(15)7-17-13;/h2-8H,1H3,(H,18,19);/q;+1/p-1. The fourth-order valence-corrected chi connectivity index (χ4v) is 1.85. The Balaban J connectivity index is 0.00000242. The first-order valence-corrected chi connectivity index (χ1v) is 6.68. The van der Waals surface area contributed by atoms with E-state index in [0.717, 1.165) is 0 Å². The average Bonchev–Trinajstić information content (AvgIpc) is 2.43. The van der Waals surface area contributed by atoms with Crippen LogP contribution in [0, 0.1) is 0 Å². The Morgan fingerprint density at radius 3 is 2.36 bits per heavy atom. The van der Waals surface area contributed by atoms with Gasteiger partial charge < -0.3 is 19.4 Å². The van der Waals surface area contributed by atoms with Crippen LogP contribution >= 0.6 is 23.2 Å². The third kappa shape index (κ3) is 5.34. The summed E-state index contributed by atoms with van der Waals surface area (Å²) < 4.78 is 10.6. The van der Waals surface area contributed by atoms with Crippen molar-refractivity contribution in [2.75, 3.05) is 0 Å². The minimum atomic E-state index is -1.28. The number of carbonyl (C=O) groups is 1. The summed E-state index contributed by atoms with van der Waals surface area (Å²) >= 11 is 11.7. The molecule has 1 aromatic carbocycles. The van der Waals surface area contributed by atoms with Crippen molar-refractivity contribution in [2.45, 2.75) is 13.0 Å². The molecule has 1 aromatic heterocycles. The molecule has 0 amide bonds. The predicted molar refractivity (Wildman–Crippen MR) is 75.9 cm³/mol. The van der Waals surface area contributed by atoms with Crippen LogP contribution < -0.4 is 44.1 Å². The fourth-order valence-electron chi connectivity index (χ4n) is 1.43. The van der Waals surface area contributed by atoms with Crippen LogP contribution in [0.15, 0.2) is 36.5 Å². The molecule has 110 valence electrons. The van der Waals surface area contributed by atoms with E-state index in [1.807, 2.05) is 0 Å². The number of carboxylic acid groups (broad SMARTS) is 1. The maximum Gasteiger partial charge on any atom is 1.00 e. The molecule has 0 spiro atoms. The van der Waals surface area contributed by atoms with E-state index in [0.29, 0.717) is 16.5 Å². The Hall–Kier alpha value is -0.980. The summed E-state index contributed by atoms with van der Waals surface area (Å²) in [7, 11) is 0. The molecule has 2 rings (SSSR count). The molecule has 0 aliphatic heterocycles. The van der Waals surface area contributed by atoms with Crippen molar-refractivity contribution in [3.05, 3.63) is 46.6 Å². The maximum atomic E-state index is 10.6. The number of rotatable bonds is 5. The van der Waals surface area contributed by atoms with Gasteiger partial charge in [-0.15, -0.1) is 0 Å². The quantitative estimate of drug-likeness (QED) is 0.693. The number of hydrogen-bond acceptors (Lipinski definition) is 5. The van der Waals surface area contributed by atoms with E-state index >= 15 is 0 Å². The van der Waals surface area contributed by atoms with Gasteiger partial charge in [-0.05, 0) is 37.3 Å². The smallest absolute Gasteiger partial charge is 0.546 e. The van der Waals surface area contributed by atoms with Crippen LogP contribution in [0.3, 0.4) is 0 Å². The van der Waals surface area contributed by atoms with Gasteiger partial charge in [0.1, 0.15) is 22.6 Å². The van der Waals surface area contributed by atoms with Crippen molar-refractivity contribution in [3.63, 3.8) is 0 Å². The van der Waals surface area contributed by atoms with Crippen molar-refractivity contribution >= 4 is 29.2 Å². The number of halogens is 2. The largest absolute Gasteiger partial charge is 1.00 e. The Morgan fingerprint density at radius 1 is 1.23 bits per heavy atom. The summed E-state index contributed by atoms with van der Waals surface area (Å²) in [4.78, 5) is 14.5. The molecule has 0 radical (unpaired) electrons. The third-order valence-corrected chi connectivity index (χ3v) is 2.93. The van der Waals surface area contributed by atoms with Gasteiger partial charge in [0.2, 0.25) is 5.88 Å². The molecule has 8 heteroatoms. The number of aromatic nitrogens is 1. The van der Waals surface area contributed by atoms with E-state index in [4.69, 9.17) is 32.7 Å². The normalized spacial score (nSPS) is 11.2. The van der Waals surface area contributed by atoms with E-state index in [1.165, 1.54) is 19.2 Å². The number of hydrogen-bond donors (Lipinski definition) is 0. The molecule has 0 aliphatic carbocycles. The van der Waals surface area contributed by atoms with Crippen LogP contribution in [0.1, 0.15) is 6.92 Å². The maximum absolute atomic E-state index is 10.6. The Morgan fingerprint density at radius 2 is 1.82 bits per heavy atom. The van der Waals surface area contributed by atoms with Gasteiger partial charge in [-0.1, -0.05) is 23.2 Å². The van der Waals surface area contributed by atoms with Gasteiger partial charge in [0.25, 0.3) is 0 Å². The van der Waals surface area contributed by atoms with Crippen molar-refractivity contribution < 1.29 is 48.9 Å². The number of ether oxygens (including phenoxy) is 2. The summed E-state index contributed by atoms with van der Waals surface area (Å²) in [6, 6.07) is 7.86. The Bertz CT molecular complexity index is 652. The van der Waals surface area contributed by atoms with Gasteiger partial charge in [0, 0.05) is 6.20 Å². The molecule has 0 fully saturated rings. The molecule has 2 aromatic rings. The summed E-state index contributed by atoms with van der Waals surface area (Å²) in [5.74, 6) is -0.209. The predicted octanol–water partition coefficient (Wildman–Crippen LogP) is -0.298. The Labute approximate surface area is 159 Å². The van der Waals surface area contributed by atoms with Crippen molar-refractivity contribution in [1.82, 2.24) is 4.98 Å². The van der Waals surface area contributed by atoms with Crippen LogP contribution in [0.2, 0.25) is 10.0 Å². The summed E-state index contributed by atoms with van der Waals surface area (Å²) in [5.41, 5.74) is 0. The summed E-state index contributed by atoms with van der Waals surface area (Å²) in [6.07, 6.45) is 0.381. The molecule has 1 unspecified atom stereocenters. The van der Waals surface area contributed by atoms with E-state index in [1.54, 1.807) is 24.3 Å². The number of aliphatic carboxylic acids is 1. The fraction of sp³-hybridized carbons (Fsp3) is 0.143. The number of pyridine rings is 1. The number of carbonyl (C=O) groups excluding carboxylic acids is 1. The number of carboxylic acids is 1. The minimum Gasteiger partial charge on any atom is -0.546 e. The molecule has 0 saturated heterocycles. The van der Waals surface area contributed by atoms with Gasteiger partial charge >= 0.3 is 29.6 Å². The van der Waals surface area contributed by atoms with E-state index in [2.05, 4.69) is 4.98 Å². The minimum absolute atomic E-state index is 0. The van der Waals surface area contributed by atoms with Crippen molar-refractivity contribution in [1.29, 1.82) is 0 Å². The Kier molecular flexibility index (Phi) is 7.45. The molecular formula is C14H10Cl2NNaO4. The van der Waals surface area contributed by atoms with E-state index < -0.39 is 12.1 Å². The van der Waals surface area contributed by atoms with Gasteiger partial charge in [0.15, 0.2) is 0 Å². The first-order chi connectivity index (χ1) is 9.95. The van der Waals surface area contributed by atoms with E-state index in [-0.39, 0.29) is 40.5 Å². The number of nitrogens with zero attached hydrogens (tertiary/aromatic N) is 1. The molecule has 5 nitrogen and oxygen atoms in total. The molecular weight excluding hydrogens is 340 g/mol. The monoisotopic (exact) mass is 349 g/mol. The SMILES string of the molecule is CC(Oc1ccc(Oc2ncc(Cl)cc2Cl)cc1)C(=O)[O-].[Na+].